The SMILES string of the molecule is CC1CNC(c2ccccc2)CN1c1ccc(F)cc1Br. The van der Waals surface area contributed by atoms with E-state index in [1.807, 2.05) is 12.1 Å². The average molecular weight is 349 g/mol. The predicted octanol–water partition coefficient (Wildman–Crippen LogP) is 4.13. The first-order chi connectivity index (χ1) is 10.1. The fourth-order valence-corrected chi connectivity index (χ4v) is 3.40. The summed E-state index contributed by atoms with van der Waals surface area (Å²) in [5.74, 6) is -0.215. The van der Waals surface area contributed by atoms with E-state index >= 15 is 0 Å². The van der Waals surface area contributed by atoms with Gasteiger partial charge < -0.3 is 10.2 Å². The number of hydrogen-bond donors (Lipinski definition) is 1. The van der Waals surface area contributed by atoms with Gasteiger partial charge in [0.25, 0.3) is 0 Å². The van der Waals surface area contributed by atoms with Crippen LogP contribution in [0.2, 0.25) is 0 Å². The summed E-state index contributed by atoms with van der Waals surface area (Å²) in [6.07, 6.45) is 0. The van der Waals surface area contributed by atoms with Gasteiger partial charge in [0, 0.05) is 29.6 Å². The number of rotatable bonds is 2. The van der Waals surface area contributed by atoms with Crippen molar-refractivity contribution in [2.24, 2.45) is 0 Å². The van der Waals surface area contributed by atoms with Gasteiger partial charge >= 0.3 is 0 Å². The minimum atomic E-state index is -0.215. The number of halogens is 2. The van der Waals surface area contributed by atoms with E-state index in [2.05, 4.69) is 57.3 Å². The number of benzene rings is 2. The van der Waals surface area contributed by atoms with Crippen LogP contribution >= 0.6 is 15.9 Å². The Bertz CT molecular complexity index is 617. The molecule has 21 heavy (non-hydrogen) atoms. The lowest BCUT2D eigenvalue weighted by atomic mass is 10.0. The molecular formula is C17H18BrFN2. The highest BCUT2D eigenvalue weighted by Gasteiger charge is 2.27. The molecule has 0 aromatic heterocycles. The van der Waals surface area contributed by atoms with Crippen LogP contribution < -0.4 is 10.2 Å². The molecule has 0 saturated carbocycles. The first-order valence-corrected chi connectivity index (χ1v) is 7.94. The van der Waals surface area contributed by atoms with Crippen molar-refractivity contribution in [3.05, 3.63) is 64.4 Å². The summed E-state index contributed by atoms with van der Waals surface area (Å²) >= 11 is 3.48. The summed E-state index contributed by atoms with van der Waals surface area (Å²) in [6.45, 7) is 3.96. The molecule has 2 nitrogen and oxygen atoms in total. The number of nitrogens with one attached hydrogen (secondary N) is 1. The second kappa shape index (κ2) is 6.16. The average Bonchev–Trinajstić information content (AvgIpc) is 2.49. The molecule has 0 amide bonds. The van der Waals surface area contributed by atoms with Crippen LogP contribution in [0.1, 0.15) is 18.5 Å². The van der Waals surface area contributed by atoms with Crippen LogP contribution in [0.25, 0.3) is 0 Å². The van der Waals surface area contributed by atoms with Gasteiger partial charge in [-0.2, -0.15) is 0 Å². The van der Waals surface area contributed by atoms with Gasteiger partial charge in [-0.3, -0.25) is 0 Å². The minimum absolute atomic E-state index is 0.215. The van der Waals surface area contributed by atoms with Crippen molar-refractivity contribution in [1.29, 1.82) is 0 Å². The smallest absolute Gasteiger partial charge is 0.124 e. The van der Waals surface area contributed by atoms with E-state index in [1.165, 1.54) is 17.7 Å². The second-order valence-corrected chi connectivity index (χ2v) is 6.32. The Balaban J connectivity index is 1.87. The minimum Gasteiger partial charge on any atom is -0.365 e. The quantitative estimate of drug-likeness (QED) is 0.877. The van der Waals surface area contributed by atoms with Gasteiger partial charge in [-0.25, -0.2) is 4.39 Å². The van der Waals surface area contributed by atoms with E-state index < -0.39 is 0 Å². The molecule has 110 valence electrons. The highest BCUT2D eigenvalue weighted by Crippen LogP contribution is 2.31. The molecule has 2 unspecified atom stereocenters. The molecule has 2 aromatic carbocycles. The van der Waals surface area contributed by atoms with Crippen molar-refractivity contribution >= 4 is 21.6 Å². The Morgan fingerprint density at radius 2 is 1.95 bits per heavy atom. The van der Waals surface area contributed by atoms with E-state index in [1.54, 1.807) is 0 Å². The van der Waals surface area contributed by atoms with Crippen LogP contribution in [0.3, 0.4) is 0 Å². The highest BCUT2D eigenvalue weighted by molar-refractivity contribution is 9.10. The van der Waals surface area contributed by atoms with Crippen LogP contribution in [0.4, 0.5) is 10.1 Å². The lowest BCUT2D eigenvalue weighted by molar-refractivity contribution is 0.414. The lowest BCUT2D eigenvalue weighted by Gasteiger charge is -2.41. The summed E-state index contributed by atoms with van der Waals surface area (Å²) < 4.78 is 14.1. The Hall–Kier alpha value is -1.39. The molecule has 1 aliphatic heterocycles. The zero-order valence-electron chi connectivity index (χ0n) is 11.9. The van der Waals surface area contributed by atoms with Crippen LogP contribution in [0, 0.1) is 5.82 Å². The van der Waals surface area contributed by atoms with Crippen molar-refractivity contribution in [3.8, 4) is 0 Å². The van der Waals surface area contributed by atoms with Gasteiger partial charge in [0.15, 0.2) is 0 Å². The molecule has 0 bridgehead atoms. The number of nitrogens with zero attached hydrogens (tertiary/aromatic N) is 1. The Labute approximate surface area is 133 Å². The molecule has 2 aromatic rings. The van der Waals surface area contributed by atoms with Gasteiger partial charge in [0.2, 0.25) is 0 Å². The van der Waals surface area contributed by atoms with Gasteiger partial charge in [0.1, 0.15) is 5.82 Å². The molecule has 1 heterocycles. The first kappa shape index (κ1) is 14.5. The van der Waals surface area contributed by atoms with Crippen molar-refractivity contribution in [3.63, 3.8) is 0 Å². The third-order valence-electron chi connectivity index (χ3n) is 3.99. The van der Waals surface area contributed by atoms with Gasteiger partial charge in [-0.1, -0.05) is 30.3 Å². The van der Waals surface area contributed by atoms with E-state index in [0.717, 1.165) is 23.2 Å². The van der Waals surface area contributed by atoms with Crippen molar-refractivity contribution in [2.75, 3.05) is 18.0 Å². The van der Waals surface area contributed by atoms with Gasteiger partial charge in [0.05, 0.1) is 5.69 Å². The van der Waals surface area contributed by atoms with Crippen LogP contribution in [-0.2, 0) is 0 Å². The van der Waals surface area contributed by atoms with E-state index in [9.17, 15) is 4.39 Å². The third kappa shape index (κ3) is 3.11. The van der Waals surface area contributed by atoms with Gasteiger partial charge in [-0.15, -0.1) is 0 Å². The molecule has 1 aliphatic rings. The Kier molecular flexibility index (Phi) is 4.27. The fraction of sp³-hybridized carbons (Fsp3) is 0.294. The summed E-state index contributed by atoms with van der Waals surface area (Å²) in [7, 11) is 0. The zero-order chi connectivity index (χ0) is 14.8. The monoisotopic (exact) mass is 348 g/mol. The summed E-state index contributed by atoms with van der Waals surface area (Å²) in [5.41, 5.74) is 2.33. The summed E-state index contributed by atoms with van der Waals surface area (Å²) in [5, 5.41) is 3.58. The molecule has 0 radical (unpaired) electrons. The third-order valence-corrected chi connectivity index (χ3v) is 4.63. The molecule has 3 rings (SSSR count). The molecule has 4 heteroatoms. The van der Waals surface area contributed by atoms with Crippen LogP contribution in [0.15, 0.2) is 53.0 Å². The summed E-state index contributed by atoms with van der Waals surface area (Å²) in [4.78, 5) is 2.33. The lowest BCUT2D eigenvalue weighted by Crippen LogP contribution is -2.51. The highest BCUT2D eigenvalue weighted by atomic mass is 79.9. The molecule has 1 saturated heterocycles. The Morgan fingerprint density at radius 3 is 2.67 bits per heavy atom. The van der Waals surface area contributed by atoms with Gasteiger partial charge in [-0.05, 0) is 46.6 Å². The summed E-state index contributed by atoms with van der Waals surface area (Å²) in [6, 6.07) is 16.0. The molecule has 1 N–H and O–H groups in total. The predicted molar refractivity (Wildman–Crippen MR) is 88.1 cm³/mol. The molecule has 0 spiro atoms. The van der Waals surface area contributed by atoms with E-state index in [4.69, 9.17) is 0 Å². The van der Waals surface area contributed by atoms with Crippen molar-refractivity contribution in [1.82, 2.24) is 5.32 Å². The molecule has 1 fully saturated rings. The maximum Gasteiger partial charge on any atom is 0.124 e. The number of piperazine rings is 1. The van der Waals surface area contributed by atoms with Crippen LogP contribution in [-0.4, -0.2) is 19.1 Å². The number of hydrogen-bond acceptors (Lipinski definition) is 2. The fourth-order valence-electron chi connectivity index (χ4n) is 2.82. The first-order valence-electron chi connectivity index (χ1n) is 7.15. The largest absolute Gasteiger partial charge is 0.365 e. The number of anilines is 1. The standard InChI is InChI=1S/C17H18BrFN2/c1-12-10-20-16(13-5-3-2-4-6-13)11-21(12)17-8-7-14(19)9-15(17)18/h2-9,12,16,20H,10-11H2,1H3. The van der Waals surface area contributed by atoms with Crippen molar-refractivity contribution < 1.29 is 4.39 Å². The normalized spacial score (nSPS) is 22.3. The Morgan fingerprint density at radius 1 is 1.19 bits per heavy atom. The topological polar surface area (TPSA) is 15.3 Å². The van der Waals surface area contributed by atoms with Crippen LogP contribution in [0.5, 0.6) is 0 Å². The molecule has 0 aliphatic carbocycles. The molecule has 2 atom stereocenters. The maximum absolute atomic E-state index is 13.3. The van der Waals surface area contributed by atoms with E-state index in [0.29, 0.717) is 12.1 Å². The zero-order valence-corrected chi connectivity index (χ0v) is 13.5. The maximum atomic E-state index is 13.3. The van der Waals surface area contributed by atoms with Crippen molar-refractivity contribution in [2.45, 2.75) is 19.0 Å². The second-order valence-electron chi connectivity index (χ2n) is 5.47. The molecular weight excluding hydrogens is 331 g/mol. The van der Waals surface area contributed by atoms with E-state index in [-0.39, 0.29) is 5.82 Å².